The SMILES string of the molecule is O=C(Cn1nc(-c2ccncc2)ccc1=O)Nc1nc2c(s1)CCCC2. The molecule has 0 saturated carbocycles. The highest BCUT2D eigenvalue weighted by Gasteiger charge is 2.17. The van der Waals surface area contributed by atoms with Gasteiger partial charge in [0.05, 0.1) is 11.4 Å². The molecule has 1 N–H and O–H groups in total. The van der Waals surface area contributed by atoms with Crippen LogP contribution >= 0.6 is 11.3 Å². The lowest BCUT2D eigenvalue weighted by Crippen LogP contribution is -2.29. The second-order valence-corrected chi connectivity index (χ2v) is 7.18. The highest BCUT2D eigenvalue weighted by molar-refractivity contribution is 7.15. The van der Waals surface area contributed by atoms with Crippen LogP contribution in [0.25, 0.3) is 11.3 Å². The fraction of sp³-hybridized carbons (Fsp3) is 0.278. The highest BCUT2D eigenvalue weighted by atomic mass is 32.1. The van der Waals surface area contributed by atoms with Gasteiger partial charge in [-0.25, -0.2) is 9.67 Å². The highest BCUT2D eigenvalue weighted by Crippen LogP contribution is 2.29. The number of nitrogens with zero attached hydrogens (tertiary/aromatic N) is 4. The number of hydrogen-bond acceptors (Lipinski definition) is 6. The first-order valence-electron chi connectivity index (χ1n) is 8.46. The molecule has 0 bridgehead atoms. The Hall–Kier alpha value is -2.87. The summed E-state index contributed by atoms with van der Waals surface area (Å²) in [6, 6.07) is 6.66. The molecule has 0 spiro atoms. The Morgan fingerprint density at radius 2 is 1.96 bits per heavy atom. The Morgan fingerprint density at radius 3 is 2.77 bits per heavy atom. The molecule has 8 heteroatoms. The molecule has 1 aliphatic rings. The molecule has 3 heterocycles. The van der Waals surface area contributed by atoms with Gasteiger partial charge in [-0.05, 0) is 43.9 Å². The smallest absolute Gasteiger partial charge is 0.267 e. The summed E-state index contributed by atoms with van der Waals surface area (Å²) in [5.41, 5.74) is 2.22. The van der Waals surface area contributed by atoms with Gasteiger partial charge in [-0.2, -0.15) is 5.10 Å². The summed E-state index contributed by atoms with van der Waals surface area (Å²) in [5.74, 6) is -0.308. The summed E-state index contributed by atoms with van der Waals surface area (Å²) in [5, 5.41) is 7.68. The van der Waals surface area contributed by atoms with Crippen molar-refractivity contribution in [2.75, 3.05) is 5.32 Å². The first-order valence-corrected chi connectivity index (χ1v) is 9.28. The van der Waals surface area contributed by atoms with Gasteiger partial charge in [-0.15, -0.1) is 11.3 Å². The standard InChI is InChI=1S/C18H17N5O2S/c24-16(21-18-20-14-3-1-2-4-15(14)26-18)11-23-17(25)6-5-13(22-23)12-7-9-19-10-8-12/h5-10H,1-4,11H2,(H,20,21,24). The lowest BCUT2D eigenvalue weighted by atomic mass is 10.0. The molecule has 0 atom stereocenters. The third-order valence-corrected chi connectivity index (χ3v) is 5.30. The van der Waals surface area contributed by atoms with Crippen LogP contribution < -0.4 is 10.9 Å². The van der Waals surface area contributed by atoms with Crippen LogP contribution in [0.1, 0.15) is 23.4 Å². The number of aromatic nitrogens is 4. The number of aryl methyl sites for hydroxylation is 2. The monoisotopic (exact) mass is 367 g/mol. The van der Waals surface area contributed by atoms with Crippen molar-refractivity contribution in [3.05, 3.63) is 57.6 Å². The van der Waals surface area contributed by atoms with Gasteiger partial charge in [-0.3, -0.25) is 14.6 Å². The van der Waals surface area contributed by atoms with E-state index in [0.29, 0.717) is 10.8 Å². The van der Waals surface area contributed by atoms with Crippen LogP contribution in [0.5, 0.6) is 0 Å². The molecule has 4 rings (SSSR count). The van der Waals surface area contributed by atoms with Crippen LogP contribution in [-0.2, 0) is 24.2 Å². The van der Waals surface area contributed by atoms with E-state index < -0.39 is 0 Å². The molecule has 3 aromatic heterocycles. The van der Waals surface area contributed by atoms with Crippen LogP contribution in [0.15, 0.2) is 41.5 Å². The molecular weight excluding hydrogens is 350 g/mol. The lowest BCUT2D eigenvalue weighted by Gasteiger charge is -2.07. The number of fused-ring (bicyclic) bond motifs is 1. The van der Waals surface area contributed by atoms with E-state index in [2.05, 4.69) is 20.4 Å². The van der Waals surface area contributed by atoms with Crippen LogP contribution in [0.4, 0.5) is 5.13 Å². The number of rotatable bonds is 4. The summed E-state index contributed by atoms with van der Waals surface area (Å²) in [7, 11) is 0. The van der Waals surface area contributed by atoms with Crippen molar-refractivity contribution < 1.29 is 4.79 Å². The van der Waals surface area contributed by atoms with Crippen molar-refractivity contribution in [1.82, 2.24) is 19.7 Å². The van der Waals surface area contributed by atoms with E-state index in [1.807, 2.05) is 0 Å². The van der Waals surface area contributed by atoms with Crippen molar-refractivity contribution in [3.63, 3.8) is 0 Å². The topological polar surface area (TPSA) is 89.8 Å². The Labute approximate surface area is 153 Å². The van der Waals surface area contributed by atoms with Gasteiger partial charge >= 0.3 is 0 Å². The van der Waals surface area contributed by atoms with Crippen LogP contribution in [0, 0.1) is 0 Å². The van der Waals surface area contributed by atoms with Gasteiger partial charge in [0.2, 0.25) is 5.91 Å². The molecule has 132 valence electrons. The van der Waals surface area contributed by atoms with E-state index in [-0.39, 0.29) is 18.0 Å². The van der Waals surface area contributed by atoms with Crippen molar-refractivity contribution >= 4 is 22.4 Å². The average Bonchev–Trinajstić information content (AvgIpc) is 3.06. The minimum atomic E-state index is -0.323. The number of anilines is 1. The molecule has 0 aliphatic heterocycles. The van der Waals surface area contributed by atoms with Gasteiger partial charge in [0, 0.05) is 28.9 Å². The Morgan fingerprint density at radius 1 is 1.15 bits per heavy atom. The summed E-state index contributed by atoms with van der Waals surface area (Å²) in [4.78, 5) is 34.1. The molecular formula is C18H17N5O2S. The van der Waals surface area contributed by atoms with Crippen molar-refractivity contribution in [1.29, 1.82) is 0 Å². The molecule has 1 aliphatic carbocycles. The van der Waals surface area contributed by atoms with Crippen LogP contribution in [0.3, 0.4) is 0 Å². The maximum absolute atomic E-state index is 12.3. The van der Waals surface area contributed by atoms with E-state index >= 15 is 0 Å². The number of carbonyl (C=O) groups excluding carboxylic acids is 1. The minimum absolute atomic E-state index is 0.151. The Balaban J connectivity index is 1.50. The predicted octanol–water partition coefficient (Wildman–Crippen LogP) is 2.28. The van der Waals surface area contributed by atoms with Crippen LogP contribution in [-0.4, -0.2) is 25.7 Å². The average molecular weight is 367 g/mol. The summed E-state index contributed by atoms with van der Waals surface area (Å²) >= 11 is 1.52. The van der Waals surface area contributed by atoms with Gasteiger partial charge in [0.15, 0.2) is 5.13 Å². The summed E-state index contributed by atoms with van der Waals surface area (Å²) < 4.78 is 1.17. The number of pyridine rings is 1. The molecule has 0 aromatic carbocycles. The number of hydrogen-bond donors (Lipinski definition) is 1. The molecule has 1 amide bonds. The second-order valence-electron chi connectivity index (χ2n) is 6.09. The Bertz CT molecular complexity index is 973. The maximum Gasteiger partial charge on any atom is 0.267 e. The molecule has 0 unspecified atom stereocenters. The molecule has 3 aromatic rings. The zero-order valence-electron chi connectivity index (χ0n) is 14.0. The Kier molecular flexibility index (Phi) is 4.57. The first kappa shape index (κ1) is 16.6. The van der Waals surface area contributed by atoms with Crippen molar-refractivity contribution in [2.24, 2.45) is 0 Å². The number of thiazole rings is 1. The molecule has 26 heavy (non-hydrogen) atoms. The zero-order valence-corrected chi connectivity index (χ0v) is 14.8. The fourth-order valence-corrected chi connectivity index (χ4v) is 4.01. The largest absolute Gasteiger partial charge is 0.300 e. The summed E-state index contributed by atoms with van der Waals surface area (Å²) in [6.07, 6.45) is 7.62. The molecule has 0 saturated heterocycles. The van der Waals surface area contributed by atoms with E-state index in [1.165, 1.54) is 33.4 Å². The number of carbonyl (C=O) groups is 1. The molecule has 0 fully saturated rings. The normalized spacial score (nSPS) is 13.2. The second kappa shape index (κ2) is 7.17. The first-order chi connectivity index (χ1) is 12.7. The molecule has 7 nitrogen and oxygen atoms in total. The minimum Gasteiger partial charge on any atom is -0.300 e. The lowest BCUT2D eigenvalue weighted by molar-refractivity contribution is -0.117. The molecule has 0 radical (unpaired) electrons. The van der Waals surface area contributed by atoms with Gasteiger partial charge in [0.25, 0.3) is 5.56 Å². The van der Waals surface area contributed by atoms with Gasteiger partial charge in [-0.1, -0.05) is 0 Å². The maximum atomic E-state index is 12.3. The number of nitrogens with one attached hydrogen (secondary N) is 1. The zero-order chi connectivity index (χ0) is 17.9. The predicted molar refractivity (Wildman–Crippen MR) is 99.1 cm³/mol. The van der Waals surface area contributed by atoms with Crippen LogP contribution in [0.2, 0.25) is 0 Å². The van der Waals surface area contributed by atoms with E-state index in [0.717, 1.165) is 30.5 Å². The third-order valence-electron chi connectivity index (χ3n) is 4.23. The van der Waals surface area contributed by atoms with E-state index in [1.54, 1.807) is 30.6 Å². The quantitative estimate of drug-likeness (QED) is 0.764. The number of amides is 1. The van der Waals surface area contributed by atoms with E-state index in [4.69, 9.17) is 0 Å². The fourth-order valence-electron chi connectivity index (χ4n) is 2.94. The van der Waals surface area contributed by atoms with Crippen molar-refractivity contribution in [2.45, 2.75) is 32.2 Å². The van der Waals surface area contributed by atoms with Crippen molar-refractivity contribution in [3.8, 4) is 11.3 Å². The van der Waals surface area contributed by atoms with Gasteiger partial charge < -0.3 is 5.32 Å². The van der Waals surface area contributed by atoms with E-state index in [9.17, 15) is 9.59 Å². The van der Waals surface area contributed by atoms with Gasteiger partial charge in [0.1, 0.15) is 6.54 Å². The third kappa shape index (κ3) is 3.55. The summed E-state index contributed by atoms with van der Waals surface area (Å²) in [6.45, 7) is -0.151.